The summed E-state index contributed by atoms with van der Waals surface area (Å²) in [5.74, 6) is -0.303. The van der Waals surface area contributed by atoms with Crippen molar-refractivity contribution in [2.75, 3.05) is 5.32 Å². The number of aromatic nitrogens is 4. The van der Waals surface area contributed by atoms with E-state index in [2.05, 4.69) is 15.3 Å². The van der Waals surface area contributed by atoms with Crippen LogP contribution in [0.1, 0.15) is 5.56 Å². The quantitative estimate of drug-likeness (QED) is 0.510. The van der Waals surface area contributed by atoms with E-state index in [4.69, 9.17) is 23.2 Å². The SMILES string of the molecule is Cc1cn(C)c(=O)c2c1ncn2CC(=O)Nc1nc(-c2ccc(Cl)c(Cl)c2)cs1. The lowest BCUT2D eigenvalue weighted by molar-refractivity contribution is -0.116. The smallest absolute Gasteiger partial charge is 0.276 e. The summed E-state index contributed by atoms with van der Waals surface area (Å²) in [5.41, 5.74) is 3.15. The molecule has 0 aliphatic carbocycles. The van der Waals surface area contributed by atoms with E-state index in [9.17, 15) is 9.59 Å². The number of fused-ring (bicyclic) bond motifs is 1. The summed E-state index contributed by atoms with van der Waals surface area (Å²) in [7, 11) is 1.67. The number of hydrogen-bond acceptors (Lipinski definition) is 5. The van der Waals surface area contributed by atoms with Crippen molar-refractivity contribution in [3.8, 4) is 11.3 Å². The summed E-state index contributed by atoms with van der Waals surface area (Å²) in [5, 5.41) is 5.93. The van der Waals surface area contributed by atoms with Crippen molar-refractivity contribution in [3.05, 3.63) is 62.1 Å². The number of carbonyl (C=O) groups excluding carboxylic acids is 1. The topological polar surface area (TPSA) is 81.8 Å². The van der Waals surface area contributed by atoms with Gasteiger partial charge in [0.15, 0.2) is 5.13 Å². The van der Waals surface area contributed by atoms with Gasteiger partial charge in [-0.25, -0.2) is 9.97 Å². The number of rotatable bonds is 4. The summed E-state index contributed by atoms with van der Waals surface area (Å²) in [6.45, 7) is 1.83. The van der Waals surface area contributed by atoms with Crippen molar-refractivity contribution in [1.29, 1.82) is 0 Å². The second kappa shape index (κ2) is 7.62. The molecule has 0 fully saturated rings. The molecule has 10 heteroatoms. The van der Waals surface area contributed by atoms with Crippen molar-refractivity contribution >= 4 is 56.6 Å². The fraction of sp³-hybridized carbons (Fsp3) is 0.158. The molecule has 0 saturated carbocycles. The Balaban J connectivity index is 1.54. The lowest BCUT2D eigenvalue weighted by Crippen LogP contribution is -2.23. The minimum Gasteiger partial charge on any atom is -0.317 e. The molecular formula is C19H15Cl2N5O2S. The number of carbonyl (C=O) groups is 1. The van der Waals surface area contributed by atoms with Crippen LogP contribution in [-0.4, -0.2) is 25.0 Å². The number of nitrogens with zero attached hydrogens (tertiary/aromatic N) is 4. The van der Waals surface area contributed by atoms with Crippen LogP contribution in [0.5, 0.6) is 0 Å². The van der Waals surface area contributed by atoms with Gasteiger partial charge in [-0.1, -0.05) is 29.3 Å². The molecule has 1 amide bonds. The van der Waals surface area contributed by atoms with Gasteiger partial charge in [0.2, 0.25) is 5.91 Å². The van der Waals surface area contributed by atoms with Gasteiger partial charge in [-0.2, -0.15) is 0 Å². The number of nitrogens with one attached hydrogen (secondary N) is 1. The third-order valence-corrected chi connectivity index (χ3v) is 5.90. The van der Waals surface area contributed by atoms with Gasteiger partial charge in [0.1, 0.15) is 12.1 Å². The average Bonchev–Trinajstić information content (AvgIpc) is 3.30. The number of amides is 1. The highest BCUT2D eigenvalue weighted by Crippen LogP contribution is 2.30. The fourth-order valence-corrected chi connectivity index (χ4v) is 4.06. The lowest BCUT2D eigenvalue weighted by atomic mass is 10.2. The molecule has 3 aromatic heterocycles. The highest BCUT2D eigenvalue weighted by molar-refractivity contribution is 7.14. The van der Waals surface area contributed by atoms with Gasteiger partial charge in [0, 0.05) is 24.2 Å². The number of halogens is 2. The maximum atomic E-state index is 12.5. The molecular weight excluding hydrogens is 433 g/mol. The number of benzene rings is 1. The lowest BCUT2D eigenvalue weighted by Gasteiger charge is -2.06. The van der Waals surface area contributed by atoms with Crippen molar-refractivity contribution < 1.29 is 4.79 Å². The molecule has 0 spiro atoms. The molecule has 0 bridgehead atoms. The van der Waals surface area contributed by atoms with E-state index in [0.29, 0.717) is 31.9 Å². The predicted molar refractivity (Wildman–Crippen MR) is 116 cm³/mol. The summed E-state index contributed by atoms with van der Waals surface area (Å²) in [4.78, 5) is 33.7. The zero-order valence-corrected chi connectivity index (χ0v) is 17.8. The first-order valence-electron chi connectivity index (χ1n) is 8.55. The third-order valence-electron chi connectivity index (χ3n) is 4.40. The zero-order valence-electron chi connectivity index (χ0n) is 15.4. The normalized spacial score (nSPS) is 11.2. The van der Waals surface area contributed by atoms with Gasteiger partial charge in [-0.3, -0.25) is 9.59 Å². The van der Waals surface area contributed by atoms with E-state index >= 15 is 0 Å². The van der Waals surface area contributed by atoms with Crippen LogP contribution < -0.4 is 10.9 Å². The molecule has 7 nitrogen and oxygen atoms in total. The largest absolute Gasteiger partial charge is 0.317 e. The summed E-state index contributed by atoms with van der Waals surface area (Å²) >= 11 is 13.3. The Morgan fingerprint density at radius 2 is 2.07 bits per heavy atom. The summed E-state index contributed by atoms with van der Waals surface area (Å²) in [6.07, 6.45) is 3.23. The molecule has 0 radical (unpaired) electrons. The van der Waals surface area contributed by atoms with Gasteiger partial charge in [0.25, 0.3) is 5.56 Å². The molecule has 4 aromatic rings. The molecule has 0 aliphatic rings. The second-order valence-electron chi connectivity index (χ2n) is 6.51. The Hall–Kier alpha value is -2.68. The average molecular weight is 448 g/mol. The molecule has 0 aliphatic heterocycles. The van der Waals surface area contributed by atoms with Crippen molar-refractivity contribution in [2.45, 2.75) is 13.5 Å². The van der Waals surface area contributed by atoms with Gasteiger partial charge in [0.05, 0.1) is 27.6 Å². The molecule has 0 atom stereocenters. The van der Waals surface area contributed by atoms with Gasteiger partial charge in [-0.15, -0.1) is 11.3 Å². The van der Waals surface area contributed by atoms with E-state index < -0.39 is 0 Å². The van der Waals surface area contributed by atoms with Crippen LogP contribution in [0.2, 0.25) is 10.0 Å². The first-order valence-corrected chi connectivity index (χ1v) is 10.2. The maximum Gasteiger partial charge on any atom is 0.276 e. The Labute approximate surface area is 179 Å². The molecule has 1 N–H and O–H groups in total. The van der Waals surface area contributed by atoms with Crippen LogP contribution in [0.15, 0.2) is 40.9 Å². The predicted octanol–water partition coefficient (Wildman–Crippen LogP) is 4.11. The van der Waals surface area contributed by atoms with Crippen molar-refractivity contribution in [2.24, 2.45) is 7.05 Å². The molecule has 4 rings (SSSR count). The van der Waals surface area contributed by atoms with Gasteiger partial charge in [-0.05, 0) is 24.6 Å². The van der Waals surface area contributed by atoms with Crippen LogP contribution in [0.4, 0.5) is 5.13 Å². The summed E-state index contributed by atoms with van der Waals surface area (Å²) < 4.78 is 3.03. The number of imidazole rings is 1. The van der Waals surface area contributed by atoms with Crippen LogP contribution in [0.3, 0.4) is 0 Å². The minimum absolute atomic E-state index is 0.0448. The number of aryl methyl sites for hydroxylation is 2. The Kier molecular flexibility index (Phi) is 5.16. The van der Waals surface area contributed by atoms with E-state index in [1.54, 1.807) is 29.9 Å². The Morgan fingerprint density at radius 1 is 1.28 bits per heavy atom. The molecule has 0 unspecified atom stereocenters. The molecule has 148 valence electrons. The van der Waals surface area contributed by atoms with Crippen molar-refractivity contribution in [3.63, 3.8) is 0 Å². The Morgan fingerprint density at radius 3 is 2.83 bits per heavy atom. The molecule has 0 saturated heterocycles. The van der Waals surface area contributed by atoms with Gasteiger partial charge < -0.3 is 14.5 Å². The highest BCUT2D eigenvalue weighted by Gasteiger charge is 2.15. The van der Waals surface area contributed by atoms with Crippen LogP contribution >= 0.6 is 34.5 Å². The number of anilines is 1. The molecule has 1 aromatic carbocycles. The summed E-state index contributed by atoms with van der Waals surface area (Å²) in [6, 6.07) is 5.23. The number of pyridine rings is 1. The number of thiazole rings is 1. The van der Waals surface area contributed by atoms with E-state index in [-0.39, 0.29) is 18.0 Å². The van der Waals surface area contributed by atoms with Gasteiger partial charge >= 0.3 is 0 Å². The van der Waals surface area contributed by atoms with Crippen LogP contribution in [-0.2, 0) is 18.4 Å². The van der Waals surface area contributed by atoms with E-state index in [0.717, 1.165) is 11.1 Å². The van der Waals surface area contributed by atoms with Crippen LogP contribution in [0.25, 0.3) is 22.3 Å². The monoisotopic (exact) mass is 447 g/mol. The number of hydrogen-bond donors (Lipinski definition) is 1. The Bertz CT molecular complexity index is 1310. The highest BCUT2D eigenvalue weighted by atomic mass is 35.5. The van der Waals surface area contributed by atoms with Crippen LogP contribution in [0, 0.1) is 6.92 Å². The third kappa shape index (κ3) is 3.78. The second-order valence-corrected chi connectivity index (χ2v) is 8.19. The maximum absolute atomic E-state index is 12.5. The molecule has 3 heterocycles. The molecule has 29 heavy (non-hydrogen) atoms. The fourth-order valence-electron chi connectivity index (χ4n) is 3.02. The standard InChI is InChI=1S/C19H15Cl2N5O2S/c1-10-6-25(2)18(28)17-16(10)22-9-26(17)7-15(27)24-19-23-14(8-29-19)11-3-4-12(20)13(21)5-11/h3-6,8-9H,7H2,1-2H3,(H,23,24,27). The zero-order chi connectivity index (χ0) is 20.7. The first-order chi connectivity index (χ1) is 13.8. The van der Waals surface area contributed by atoms with Crippen molar-refractivity contribution in [1.82, 2.24) is 19.1 Å². The first kappa shape index (κ1) is 19.6. The van der Waals surface area contributed by atoms with E-state index in [1.807, 2.05) is 18.4 Å². The van der Waals surface area contributed by atoms with E-state index in [1.165, 1.54) is 22.2 Å². The minimum atomic E-state index is -0.303.